The van der Waals surface area contributed by atoms with Gasteiger partial charge in [0.15, 0.2) is 11.7 Å². The SMILES string of the molecule is NCCCC[C@H](NC(=O)[C@H](CCC(=O)O)NCC(=O)c1ccc(-c2ccccc2)cc1)C(=O)NCCCCN=C(N)N. The molecule has 12 heteroatoms. The number of unbranched alkanes of at least 4 members (excludes halogenated alkanes) is 2. The Kier molecular flexibility index (Phi) is 15.3. The van der Waals surface area contributed by atoms with E-state index in [0.29, 0.717) is 57.3 Å². The van der Waals surface area contributed by atoms with E-state index in [9.17, 15) is 24.3 Å². The minimum Gasteiger partial charge on any atom is -0.481 e. The predicted molar refractivity (Wildman–Crippen MR) is 163 cm³/mol. The zero-order valence-electron chi connectivity index (χ0n) is 23.9. The lowest BCUT2D eigenvalue weighted by atomic mass is 10.0. The van der Waals surface area contributed by atoms with Crippen molar-refractivity contribution in [1.29, 1.82) is 0 Å². The summed E-state index contributed by atoms with van der Waals surface area (Å²) in [5.74, 6) is -2.22. The van der Waals surface area contributed by atoms with Crippen LogP contribution in [0.2, 0.25) is 0 Å². The standard InChI is InChI=1S/C30H43N7O5/c31-17-5-4-10-25(28(41)34-18-6-7-19-35-30(32)33)37-29(42)24(15-16-27(39)40)36-20-26(38)23-13-11-22(12-14-23)21-8-2-1-3-9-21/h1-3,8-9,11-14,24-25,36H,4-7,10,15-20,31H2,(H,34,41)(H,37,42)(H,39,40)(H4,32,33,35)/t24-,25-/m0/s1. The Morgan fingerprint density at radius 3 is 2.14 bits per heavy atom. The zero-order chi connectivity index (χ0) is 30.7. The first kappa shape index (κ1) is 33.9. The van der Waals surface area contributed by atoms with Crippen LogP contribution in [0.25, 0.3) is 11.1 Å². The van der Waals surface area contributed by atoms with Gasteiger partial charge in [-0.3, -0.25) is 29.5 Å². The van der Waals surface area contributed by atoms with E-state index in [1.54, 1.807) is 12.1 Å². The van der Waals surface area contributed by atoms with Gasteiger partial charge in [-0.05, 0) is 56.2 Å². The minimum absolute atomic E-state index is 0.00967. The number of carbonyl (C=O) groups excluding carboxylic acids is 3. The van der Waals surface area contributed by atoms with Crippen LogP contribution in [0.4, 0.5) is 0 Å². The smallest absolute Gasteiger partial charge is 0.303 e. The molecule has 0 spiro atoms. The topological polar surface area (TPSA) is 215 Å². The molecule has 10 N–H and O–H groups in total. The largest absolute Gasteiger partial charge is 0.481 e. The zero-order valence-corrected chi connectivity index (χ0v) is 23.9. The number of nitrogens with zero attached hydrogens (tertiary/aromatic N) is 1. The molecular weight excluding hydrogens is 538 g/mol. The molecule has 0 aliphatic rings. The third-order valence-corrected chi connectivity index (χ3v) is 6.54. The van der Waals surface area contributed by atoms with Gasteiger partial charge in [-0.2, -0.15) is 0 Å². The van der Waals surface area contributed by atoms with E-state index in [1.807, 2.05) is 42.5 Å². The highest BCUT2D eigenvalue weighted by molar-refractivity contribution is 5.98. The number of hydrogen-bond acceptors (Lipinski definition) is 7. The number of aliphatic carboxylic acids is 1. The van der Waals surface area contributed by atoms with Crippen LogP contribution in [-0.4, -0.2) is 72.9 Å². The maximum atomic E-state index is 13.2. The molecule has 0 bridgehead atoms. The first-order chi connectivity index (χ1) is 20.2. The summed E-state index contributed by atoms with van der Waals surface area (Å²) in [7, 11) is 0. The maximum Gasteiger partial charge on any atom is 0.303 e. The number of rotatable bonds is 20. The Bertz CT molecular complexity index is 1170. The molecule has 2 rings (SSSR count). The van der Waals surface area contributed by atoms with E-state index in [2.05, 4.69) is 20.9 Å². The van der Waals surface area contributed by atoms with Gasteiger partial charge in [0.2, 0.25) is 11.8 Å². The molecule has 0 radical (unpaired) electrons. The number of guanidine groups is 1. The van der Waals surface area contributed by atoms with Gasteiger partial charge in [0.1, 0.15) is 6.04 Å². The second-order valence-electron chi connectivity index (χ2n) is 9.88. The molecule has 0 unspecified atom stereocenters. The quantitative estimate of drug-likeness (QED) is 0.0516. The van der Waals surface area contributed by atoms with E-state index in [1.165, 1.54) is 0 Å². The van der Waals surface area contributed by atoms with Crippen LogP contribution in [0.1, 0.15) is 55.3 Å². The second kappa shape index (κ2) is 18.9. The Hall–Kier alpha value is -4.29. The van der Waals surface area contributed by atoms with Crippen LogP contribution in [0.3, 0.4) is 0 Å². The third kappa shape index (κ3) is 12.9. The average Bonchev–Trinajstić information content (AvgIpc) is 2.98. The van der Waals surface area contributed by atoms with Crippen molar-refractivity contribution in [3.05, 3.63) is 60.2 Å². The van der Waals surface area contributed by atoms with E-state index < -0.39 is 24.0 Å². The molecule has 2 aromatic rings. The molecule has 2 amide bonds. The van der Waals surface area contributed by atoms with Crippen molar-refractivity contribution in [2.24, 2.45) is 22.2 Å². The normalized spacial score (nSPS) is 12.1. The molecule has 12 nitrogen and oxygen atoms in total. The molecular formula is C30H43N7O5. The Morgan fingerprint density at radius 1 is 0.810 bits per heavy atom. The molecule has 2 atom stereocenters. The molecule has 0 heterocycles. The number of nitrogens with one attached hydrogen (secondary N) is 3. The first-order valence-electron chi connectivity index (χ1n) is 14.2. The predicted octanol–water partition coefficient (Wildman–Crippen LogP) is 1.14. The van der Waals surface area contributed by atoms with E-state index in [-0.39, 0.29) is 37.0 Å². The van der Waals surface area contributed by atoms with E-state index in [0.717, 1.165) is 11.1 Å². The number of benzene rings is 2. The summed E-state index contributed by atoms with van der Waals surface area (Å²) in [5, 5.41) is 17.7. The summed E-state index contributed by atoms with van der Waals surface area (Å²) < 4.78 is 0. The third-order valence-electron chi connectivity index (χ3n) is 6.54. The van der Waals surface area contributed by atoms with Crippen LogP contribution < -0.4 is 33.2 Å². The highest BCUT2D eigenvalue weighted by Crippen LogP contribution is 2.19. The van der Waals surface area contributed by atoms with E-state index in [4.69, 9.17) is 17.2 Å². The van der Waals surface area contributed by atoms with Crippen molar-refractivity contribution in [2.75, 3.05) is 26.2 Å². The summed E-state index contributed by atoms with van der Waals surface area (Å²) in [4.78, 5) is 54.1. The molecule has 0 fully saturated rings. The summed E-state index contributed by atoms with van der Waals surface area (Å²) in [5.41, 5.74) is 18.7. The molecule has 2 aromatic carbocycles. The molecule has 42 heavy (non-hydrogen) atoms. The Morgan fingerprint density at radius 2 is 1.50 bits per heavy atom. The molecule has 0 aliphatic carbocycles. The Balaban J connectivity index is 2.00. The molecule has 0 aliphatic heterocycles. The van der Waals surface area contributed by atoms with Gasteiger partial charge in [-0.25, -0.2) is 0 Å². The molecule has 0 aromatic heterocycles. The lowest BCUT2D eigenvalue weighted by Crippen LogP contribution is -2.53. The van der Waals surface area contributed by atoms with Gasteiger partial charge in [0.05, 0.1) is 12.6 Å². The van der Waals surface area contributed by atoms with Crippen LogP contribution in [0, 0.1) is 0 Å². The van der Waals surface area contributed by atoms with Gasteiger partial charge in [-0.15, -0.1) is 0 Å². The fourth-order valence-corrected chi connectivity index (χ4v) is 4.20. The fraction of sp³-hybridized carbons (Fsp3) is 0.433. The minimum atomic E-state index is -1.07. The van der Waals surface area contributed by atoms with Crippen LogP contribution in [0.15, 0.2) is 59.6 Å². The number of aliphatic imine (C=N–C) groups is 1. The summed E-state index contributed by atoms with van der Waals surface area (Å²) in [6.45, 7) is 1.09. The van der Waals surface area contributed by atoms with Gasteiger partial charge < -0.3 is 32.9 Å². The van der Waals surface area contributed by atoms with Gasteiger partial charge in [0.25, 0.3) is 0 Å². The lowest BCUT2D eigenvalue weighted by Gasteiger charge is -2.23. The second-order valence-corrected chi connectivity index (χ2v) is 9.88. The summed E-state index contributed by atoms with van der Waals surface area (Å²) >= 11 is 0. The van der Waals surface area contributed by atoms with Crippen molar-refractivity contribution in [3.63, 3.8) is 0 Å². The van der Waals surface area contributed by atoms with Crippen molar-refractivity contribution >= 4 is 29.5 Å². The highest BCUT2D eigenvalue weighted by Gasteiger charge is 2.26. The number of ketones is 1. The number of nitrogens with two attached hydrogens (primary N) is 3. The monoisotopic (exact) mass is 581 g/mol. The van der Waals surface area contributed by atoms with Crippen LogP contribution >= 0.6 is 0 Å². The average molecular weight is 582 g/mol. The van der Waals surface area contributed by atoms with Gasteiger partial charge >= 0.3 is 5.97 Å². The van der Waals surface area contributed by atoms with Crippen molar-refractivity contribution in [1.82, 2.24) is 16.0 Å². The number of amides is 2. The molecule has 0 saturated carbocycles. The number of carboxylic acids is 1. The number of hydrogen-bond donors (Lipinski definition) is 7. The maximum absolute atomic E-state index is 13.2. The lowest BCUT2D eigenvalue weighted by molar-refractivity contribution is -0.137. The summed E-state index contributed by atoms with van der Waals surface area (Å²) in [6.07, 6.45) is 2.63. The number of carboxylic acid groups (broad SMARTS) is 1. The van der Waals surface area contributed by atoms with Crippen molar-refractivity contribution < 1.29 is 24.3 Å². The van der Waals surface area contributed by atoms with Crippen LogP contribution in [0.5, 0.6) is 0 Å². The van der Waals surface area contributed by atoms with Crippen LogP contribution in [-0.2, 0) is 14.4 Å². The van der Waals surface area contributed by atoms with E-state index >= 15 is 0 Å². The molecule has 228 valence electrons. The van der Waals surface area contributed by atoms with Gasteiger partial charge in [0, 0.05) is 25.1 Å². The first-order valence-corrected chi connectivity index (χ1v) is 14.2. The highest BCUT2D eigenvalue weighted by atomic mass is 16.4. The van der Waals surface area contributed by atoms with Crippen molar-refractivity contribution in [3.8, 4) is 11.1 Å². The Labute approximate surface area is 246 Å². The summed E-state index contributed by atoms with van der Waals surface area (Å²) in [6, 6.07) is 15.1. The number of carbonyl (C=O) groups is 4. The molecule has 0 saturated heterocycles. The van der Waals surface area contributed by atoms with Gasteiger partial charge in [-0.1, -0.05) is 54.6 Å². The van der Waals surface area contributed by atoms with Crippen molar-refractivity contribution in [2.45, 2.75) is 57.0 Å². The number of Topliss-reactive ketones (excluding diaryl/α,β-unsaturated/α-hetero) is 1. The fourth-order valence-electron chi connectivity index (χ4n) is 4.20.